The number of amides is 1. The highest BCUT2D eigenvalue weighted by Gasteiger charge is 2.30. The Labute approximate surface area is 133 Å². The van der Waals surface area contributed by atoms with Crippen LogP contribution in [0.25, 0.3) is 0 Å². The topological polar surface area (TPSA) is 47.6 Å². The summed E-state index contributed by atoms with van der Waals surface area (Å²) in [6, 6.07) is 4.37. The maximum atomic E-state index is 12.6. The van der Waals surface area contributed by atoms with E-state index in [-0.39, 0.29) is 11.7 Å². The number of carbonyl (C=O) groups excluding carboxylic acids is 1. The standard InChI is InChI=1S/C16H20F3NO3/c17-16(18,19)13-5-1-4-12(10-13)15(21)20-7-3-8-22-11-14-6-2-9-23-14/h1,4-5,10,14H,2-3,6-9,11H2,(H,20,21). The number of carbonyl (C=O) groups is 1. The summed E-state index contributed by atoms with van der Waals surface area (Å²) in [5.41, 5.74) is -0.829. The second-order valence-electron chi connectivity index (χ2n) is 5.40. The lowest BCUT2D eigenvalue weighted by Gasteiger charge is -2.11. The van der Waals surface area contributed by atoms with Crippen LogP contribution in [0.1, 0.15) is 35.2 Å². The van der Waals surface area contributed by atoms with Gasteiger partial charge in [0.25, 0.3) is 5.91 Å². The smallest absolute Gasteiger partial charge is 0.379 e. The van der Waals surface area contributed by atoms with E-state index in [1.807, 2.05) is 0 Å². The van der Waals surface area contributed by atoms with Crippen molar-refractivity contribution < 1.29 is 27.4 Å². The Bertz CT molecular complexity index is 514. The molecular formula is C16H20F3NO3. The van der Waals surface area contributed by atoms with Gasteiger partial charge in [-0.3, -0.25) is 4.79 Å². The lowest BCUT2D eigenvalue weighted by molar-refractivity contribution is -0.137. The molecule has 7 heteroatoms. The Kier molecular flexibility index (Phi) is 6.41. The average molecular weight is 331 g/mol. The summed E-state index contributed by atoms with van der Waals surface area (Å²) in [6.45, 7) is 2.14. The molecule has 4 nitrogen and oxygen atoms in total. The van der Waals surface area contributed by atoms with E-state index in [0.29, 0.717) is 26.2 Å². The van der Waals surface area contributed by atoms with Crippen LogP contribution in [0, 0.1) is 0 Å². The molecule has 0 radical (unpaired) electrons. The van der Waals surface area contributed by atoms with E-state index >= 15 is 0 Å². The van der Waals surface area contributed by atoms with Gasteiger partial charge >= 0.3 is 6.18 Å². The molecule has 1 aliphatic rings. The maximum absolute atomic E-state index is 12.6. The summed E-state index contributed by atoms with van der Waals surface area (Å²) in [6.07, 6.45) is -1.63. The monoisotopic (exact) mass is 331 g/mol. The number of alkyl halides is 3. The van der Waals surface area contributed by atoms with E-state index in [9.17, 15) is 18.0 Å². The van der Waals surface area contributed by atoms with Gasteiger partial charge in [0.15, 0.2) is 0 Å². The Hall–Kier alpha value is -1.60. The second-order valence-corrected chi connectivity index (χ2v) is 5.40. The van der Waals surface area contributed by atoms with Gasteiger partial charge in [0.1, 0.15) is 0 Å². The predicted octanol–water partition coefficient (Wildman–Crippen LogP) is 3.02. The number of halogens is 3. The minimum atomic E-state index is -4.45. The molecule has 0 aliphatic carbocycles. The molecule has 1 amide bonds. The molecule has 1 saturated heterocycles. The quantitative estimate of drug-likeness (QED) is 0.781. The first-order valence-electron chi connectivity index (χ1n) is 7.61. The lowest BCUT2D eigenvalue weighted by Crippen LogP contribution is -2.26. The van der Waals surface area contributed by atoms with Gasteiger partial charge in [0.05, 0.1) is 18.3 Å². The molecule has 1 aliphatic heterocycles. The average Bonchev–Trinajstić information content (AvgIpc) is 3.03. The van der Waals surface area contributed by atoms with Crippen molar-refractivity contribution in [3.8, 4) is 0 Å². The van der Waals surface area contributed by atoms with Crippen molar-refractivity contribution in [2.24, 2.45) is 0 Å². The zero-order valence-corrected chi connectivity index (χ0v) is 12.7. The van der Waals surface area contributed by atoms with E-state index < -0.39 is 17.6 Å². The fourth-order valence-electron chi connectivity index (χ4n) is 2.31. The first kappa shape index (κ1) is 17.7. The van der Waals surface area contributed by atoms with Crippen LogP contribution in [-0.2, 0) is 15.7 Å². The summed E-state index contributed by atoms with van der Waals surface area (Å²) < 4.78 is 48.6. The molecule has 1 aromatic rings. The van der Waals surface area contributed by atoms with Gasteiger partial charge in [-0.1, -0.05) is 6.07 Å². The first-order chi connectivity index (χ1) is 11.0. The molecule has 0 spiro atoms. The molecule has 1 fully saturated rings. The zero-order chi connectivity index (χ0) is 16.7. The number of hydrogen-bond donors (Lipinski definition) is 1. The molecule has 1 heterocycles. The van der Waals surface area contributed by atoms with Crippen LogP contribution in [0.3, 0.4) is 0 Å². The van der Waals surface area contributed by atoms with Gasteiger partial charge in [0.2, 0.25) is 0 Å². The highest BCUT2D eigenvalue weighted by molar-refractivity contribution is 5.94. The third-order valence-corrected chi connectivity index (χ3v) is 3.53. The molecule has 0 saturated carbocycles. The summed E-state index contributed by atoms with van der Waals surface area (Å²) >= 11 is 0. The van der Waals surface area contributed by atoms with E-state index in [1.54, 1.807) is 0 Å². The van der Waals surface area contributed by atoms with Gasteiger partial charge in [-0.15, -0.1) is 0 Å². The molecule has 0 aromatic heterocycles. The van der Waals surface area contributed by atoms with Crippen LogP contribution in [0.5, 0.6) is 0 Å². The molecule has 1 N–H and O–H groups in total. The fourth-order valence-corrected chi connectivity index (χ4v) is 2.31. The molecule has 1 atom stereocenters. The van der Waals surface area contributed by atoms with Crippen molar-refractivity contribution in [1.29, 1.82) is 0 Å². The highest BCUT2D eigenvalue weighted by atomic mass is 19.4. The van der Waals surface area contributed by atoms with Gasteiger partial charge in [-0.2, -0.15) is 13.2 Å². The van der Waals surface area contributed by atoms with Crippen LogP contribution in [0.2, 0.25) is 0 Å². The van der Waals surface area contributed by atoms with Crippen LogP contribution < -0.4 is 5.32 Å². The Balaban J connectivity index is 1.66. The highest BCUT2D eigenvalue weighted by Crippen LogP contribution is 2.29. The zero-order valence-electron chi connectivity index (χ0n) is 12.7. The third-order valence-electron chi connectivity index (χ3n) is 3.53. The maximum Gasteiger partial charge on any atom is 0.416 e. The van der Waals surface area contributed by atoms with E-state index in [2.05, 4.69) is 5.32 Å². The minimum absolute atomic E-state index is 0.0000917. The number of benzene rings is 1. The Morgan fingerprint density at radius 1 is 1.39 bits per heavy atom. The van der Waals surface area contributed by atoms with Crippen LogP contribution in [-0.4, -0.2) is 38.4 Å². The molecule has 128 valence electrons. The summed E-state index contributed by atoms with van der Waals surface area (Å²) in [5, 5.41) is 2.59. The SMILES string of the molecule is O=C(NCCCOCC1CCCO1)c1cccc(C(F)(F)F)c1. The van der Waals surface area contributed by atoms with Gasteiger partial charge in [0, 0.05) is 25.3 Å². The largest absolute Gasteiger partial charge is 0.416 e. The summed E-state index contributed by atoms with van der Waals surface area (Å²) in [7, 11) is 0. The van der Waals surface area contributed by atoms with Gasteiger partial charge in [-0.05, 0) is 37.5 Å². The van der Waals surface area contributed by atoms with Gasteiger partial charge in [-0.25, -0.2) is 0 Å². The Morgan fingerprint density at radius 3 is 2.91 bits per heavy atom. The van der Waals surface area contributed by atoms with Crippen molar-refractivity contribution in [3.05, 3.63) is 35.4 Å². The van der Waals surface area contributed by atoms with Crippen LogP contribution in [0.15, 0.2) is 24.3 Å². The van der Waals surface area contributed by atoms with Crippen molar-refractivity contribution in [1.82, 2.24) is 5.32 Å². The molecule has 2 rings (SSSR count). The summed E-state index contributed by atoms with van der Waals surface area (Å²) in [5.74, 6) is -0.518. The number of hydrogen-bond acceptors (Lipinski definition) is 3. The normalized spacial score (nSPS) is 18.1. The first-order valence-corrected chi connectivity index (χ1v) is 7.61. The second kappa shape index (κ2) is 8.31. The predicted molar refractivity (Wildman–Crippen MR) is 78.2 cm³/mol. The van der Waals surface area contributed by atoms with Crippen LogP contribution in [0.4, 0.5) is 13.2 Å². The van der Waals surface area contributed by atoms with Crippen molar-refractivity contribution >= 4 is 5.91 Å². The molecular weight excluding hydrogens is 311 g/mol. The molecule has 23 heavy (non-hydrogen) atoms. The lowest BCUT2D eigenvalue weighted by atomic mass is 10.1. The fraction of sp³-hybridized carbons (Fsp3) is 0.562. The minimum Gasteiger partial charge on any atom is -0.379 e. The molecule has 1 unspecified atom stereocenters. The molecule has 0 bridgehead atoms. The van der Waals surface area contributed by atoms with E-state index in [1.165, 1.54) is 12.1 Å². The number of rotatable bonds is 7. The van der Waals surface area contributed by atoms with E-state index in [0.717, 1.165) is 31.6 Å². The summed E-state index contributed by atoms with van der Waals surface area (Å²) in [4.78, 5) is 11.8. The van der Waals surface area contributed by atoms with E-state index in [4.69, 9.17) is 9.47 Å². The Morgan fingerprint density at radius 2 is 2.22 bits per heavy atom. The third kappa shape index (κ3) is 5.84. The molecule has 1 aromatic carbocycles. The number of nitrogens with one attached hydrogen (secondary N) is 1. The van der Waals surface area contributed by atoms with Crippen molar-refractivity contribution in [3.63, 3.8) is 0 Å². The van der Waals surface area contributed by atoms with Crippen molar-refractivity contribution in [2.45, 2.75) is 31.5 Å². The van der Waals surface area contributed by atoms with Crippen molar-refractivity contribution in [2.75, 3.05) is 26.4 Å². The van der Waals surface area contributed by atoms with Gasteiger partial charge < -0.3 is 14.8 Å². The van der Waals surface area contributed by atoms with Crippen LogP contribution >= 0.6 is 0 Å². The number of ether oxygens (including phenoxy) is 2.